The fourth-order valence-electron chi connectivity index (χ4n) is 6.39. The Labute approximate surface area is 263 Å². The molecule has 4 nitrogen and oxygen atoms in total. The van der Waals surface area contributed by atoms with Crippen molar-refractivity contribution in [2.45, 2.75) is 19.3 Å². The van der Waals surface area contributed by atoms with Crippen LogP contribution in [0.15, 0.2) is 146 Å². The molecule has 4 heteroatoms. The summed E-state index contributed by atoms with van der Waals surface area (Å²) in [5, 5.41) is 0. The van der Waals surface area contributed by atoms with Crippen molar-refractivity contribution >= 4 is 0 Å². The van der Waals surface area contributed by atoms with E-state index >= 15 is 0 Å². The molecule has 0 aliphatic heterocycles. The highest BCUT2D eigenvalue weighted by atomic mass is 15.0. The van der Waals surface area contributed by atoms with E-state index < -0.39 is 0 Å². The van der Waals surface area contributed by atoms with Gasteiger partial charge < -0.3 is 0 Å². The lowest BCUT2D eigenvalue weighted by Crippen LogP contribution is -2.14. The Balaban J connectivity index is 1.16. The molecule has 0 spiro atoms. The zero-order chi connectivity index (χ0) is 30.4. The summed E-state index contributed by atoms with van der Waals surface area (Å²) >= 11 is 0. The molecule has 1 aliphatic rings. The van der Waals surface area contributed by atoms with Crippen LogP contribution in [0.5, 0.6) is 0 Å². The zero-order valence-corrected chi connectivity index (χ0v) is 25.1. The zero-order valence-electron chi connectivity index (χ0n) is 25.1. The molecule has 0 saturated heterocycles. The van der Waals surface area contributed by atoms with Crippen LogP contribution in [0.2, 0.25) is 0 Å². The van der Waals surface area contributed by atoms with Gasteiger partial charge in [0, 0.05) is 33.9 Å². The lowest BCUT2D eigenvalue weighted by Gasteiger charge is -2.21. The van der Waals surface area contributed by atoms with Crippen molar-refractivity contribution in [2.75, 3.05) is 0 Å². The van der Waals surface area contributed by atoms with E-state index in [1.165, 1.54) is 27.8 Å². The maximum absolute atomic E-state index is 4.95. The van der Waals surface area contributed by atoms with Gasteiger partial charge in [-0.1, -0.05) is 135 Å². The molecule has 214 valence electrons. The second kappa shape index (κ2) is 10.8. The Kier molecular flexibility index (Phi) is 6.42. The highest BCUT2D eigenvalue weighted by Crippen LogP contribution is 2.49. The van der Waals surface area contributed by atoms with Crippen LogP contribution in [0.4, 0.5) is 0 Å². The standard InChI is InChI=1S/C41H30N4/c1-41(2)35-13-7-6-12-33(35)34-26-32(23-24-36(34)41)27-15-19-30(20-16-27)39-43-38(29-10-4-3-5-11-29)44-40(45-39)31-21-17-28(18-22-31)37-14-8-9-25-42-37/h3-26H,1-2H3. The third kappa shape index (κ3) is 4.81. The van der Waals surface area contributed by atoms with Crippen molar-refractivity contribution in [3.63, 3.8) is 0 Å². The van der Waals surface area contributed by atoms with Gasteiger partial charge in [0.2, 0.25) is 0 Å². The average Bonchev–Trinajstić information content (AvgIpc) is 3.34. The maximum Gasteiger partial charge on any atom is 0.164 e. The molecule has 0 radical (unpaired) electrons. The summed E-state index contributed by atoms with van der Waals surface area (Å²) in [5.41, 5.74) is 12.6. The summed E-state index contributed by atoms with van der Waals surface area (Å²) in [7, 11) is 0. The van der Waals surface area contributed by atoms with Crippen LogP contribution in [0.1, 0.15) is 25.0 Å². The molecular formula is C41H30N4. The van der Waals surface area contributed by atoms with Crippen molar-refractivity contribution in [1.82, 2.24) is 19.9 Å². The van der Waals surface area contributed by atoms with Crippen molar-refractivity contribution in [3.8, 4) is 67.7 Å². The van der Waals surface area contributed by atoms with Crippen molar-refractivity contribution < 1.29 is 0 Å². The minimum atomic E-state index is -0.0000771. The van der Waals surface area contributed by atoms with Gasteiger partial charge in [-0.2, -0.15) is 0 Å². The minimum Gasteiger partial charge on any atom is -0.256 e. The van der Waals surface area contributed by atoms with E-state index in [0.717, 1.165) is 33.5 Å². The summed E-state index contributed by atoms with van der Waals surface area (Å²) in [4.78, 5) is 19.2. The van der Waals surface area contributed by atoms with E-state index in [0.29, 0.717) is 17.5 Å². The number of pyridine rings is 1. The fourth-order valence-corrected chi connectivity index (χ4v) is 6.39. The summed E-state index contributed by atoms with van der Waals surface area (Å²) in [6, 6.07) is 48.4. The van der Waals surface area contributed by atoms with Gasteiger partial charge in [0.15, 0.2) is 17.5 Å². The van der Waals surface area contributed by atoms with E-state index in [4.69, 9.17) is 15.0 Å². The highest BCUT2D eigenvalue weighted by molar-refractivity contribution is 5.84. The van der Waals surface area contributed by atoms with Gasteiger partial charge in [0.1, 0.15) is 0 Å². The largest absolute Gasteiger partial charge is 0.256 e. The number of hydrogen-bond donors (Lipinski definition) is 0. The fraction of sp³-hybridized carbons (Fsp3) is 0.0732. The summed E-state index contributed by atoms with van der Waals surface area (Å²) in [6.07, 6.45) is 1.81. The first-order chi connectivity index (χ1) is 22.0. The van der Waals surface area contributed by atoms with Gasteiger partial charge in [-0.15, -0.1) is 0 Å². The van der Waals surface area contributed by atoms with Crippen molar-refractivity contribution in [2.24, 2.45) is 0 Å². The normalized spacial score (nSPS) is 12.8. The lowest BCUT2D eigenvalue weighted by molar-refractivity contribution is 0.660. The monoisotopic (exact) mass is 578 g/mol. The Morgan fingerprint density at radius 3 is 1.56 bits per heavy atom. The molecule has 8 rings (SSSR count). The Morgan fingerprint density at radius 2 is 0.911 bits per heavy atom. The van der Waals surface area contributed by atoms with Crippen LogP contribution in [0, 0.1) is 0 Å². The molecule has 2 heterocycles. The van der Waals surface area contributed by atoms with Gasteiger partial charge in [0.25, 0.3) is 0 Å². The number of nitrogens with zero attached hydrogens (tertiary/aromatic N) is 4. The van der Waals surface area contributed by atoms with Gasteiger partial charge >= 0.3 is 0 Å². The molecule has 0 amide bonds. The van der Waals surface area contributed by atoms with E-state index in [1.54, 1.807) is 0 Å². The second-order valence-electron chi connectivity index (χ2n) is 12.0. The van der Waals surface area contributed by atoms with Crippen LogP contribution in [-0.2, 0) is 5.41 Å². The quantitative estimate of drug-likeness (QED) is 0.204. The molecular weight excluding hydrogens is 548 g/mol. The highest BCUT2D eigenvalue weighted by Gasteiger charge is 2.35. The smallest absolute Gasteiger partial charge is 0.164 e. The minimum absolute atomic E-state index is 0.0000771. The molecule has 1 aliphatic carbocycles. The number of aromatic nitrogens is 4. The number of fused-ring (bicyclic) bond motifs is 3. The van der Waals surface area contributed by atoms with Crippen LogP contribution in [0.3, 0.4) is 0 Å². The molecule has 0 fully saturated rings. The average molecular weight is 579 g/mol. The lowest BCUT2D eigenvalue weighted by atomic mass is 9.82. The third-order valence-corrected chi connectivity index (χ3v) is 8.83. The van der Waals surface area contributed by atoms with E-state index in [2.05, 4.69) is 97.7 Å². The van der Waals surface area contributed by atoms with Crippen molar-refractivity contribution in [1.29, 1.82) is 0 Å². The predicted octanol–water partition coefficient (Wildman–Crippen LogP) is 9.91. The summed E-state index contributed by atoms with van der Waals surface area (Å²) in [5.74, 6) is 1.92. The Morgan fingerprint density at radius 1 is 0.400 bits per heavy atom. The summed E-state index contributed by atoms with van der Waals surface area (Å²) < 4.78 is 0. The first kappa shape index (κ1) is 26.9. The molecule has 0 bridgehead atoms. The first-order valence-electron chi connectivity index (χ1n) is 15.2. The molecule has 0 atom stereocenters. The van der Waals surface area contributed by atoms with E-state index in [1.807, 2.05) is 66.9 Å². The van der Waals surface area contributed by atoms with Gasteiger partial charge in [0.05, 0.1) is 5.69 Å². The molecule has 0 saturated carbocycles. The topological polar surface area (TPSA) is 51.6 Å². The third-order valence-electron chi connectivity index (χ3n) is 8.83. The van der Waals surface area contributed by atoms with Gasteiger partial charge in [-0.3, -0.25) is 4.98 Å². The number of hydrogen-bond acceptors (Lipinski definition) is 4. The van der Waals surface area contributed by atoms with E-state index in [-0.39, 0.29) is 5.41 Å². The van der Waals surface area contributed by atoms with Crippen LogP contribution in [-0.4, -0.2) is 19.9 Å². The molecule has 2 aromatic heterocycles. The molecule has 7 aromatic rings. The summed E-state index contributed by atoms with van der Waals surface area (Å²) in [6.45, 7) is 4.63. The second-order valence-corrected chi connectivity index (χ2v) is 12.0. The first-order valence-corrected chi connectivity index (χ1v) is 15.2. The van der Waals surface area contributed by atoms with Gasteiger partial charge in [-0.25, -0.2) is 15.0 Å². The Bertz CT molecular complexity index is 2150. The van der Waals surface area contributed by atoms with Crippen LogP contribution >= 0.6 is 0 Å². The van der Waals surface area contributed by atoms with Crippen molar-refractivity contribution in [3.05, 3.63) is 157 Å². The van der Waals surface area contributed by atoms with E-state index in [9.17, 15) is 0 Å². The van der Waals surface area contributed by atoms with Crippen LogP contribution < -0.4 is 0 Å². The Hall–Kier alpha value is -5.74. The molecule has 45 heavy (non-hydrogen) atoms. The predicted molar refractivity (Wildman–Crippen MR) is 182 cm³/mol. The van der Waals surface area contributed by atoms with Crippen LogP contribution in [0.25, 0.3) is 67.7 Å². The molecule has 0 N–H and O–H groups in total. The maximum atomic E-state index is 4.95. The molecule has 5 aromatic carbocycles. The number of benzene rings is 5. The SMILES string of the molecule is CC1(C)c2ccccc2-c2cc(-c3ccc(-c4nc(-c5ccccc5)nc(-c5ccc(-c6ccccn6)cc5)n4)cc3)ccc21. The number of rotatable bonds is 5. The molecule has 0 unspecified atom stereocenters. The van der Waals surface area contributed by atoms with Gasteiger partial charge in [-0.05, 0) is 51.6 Å².